The number of hydrogen-bond acceptors (Lipinski definition) is 3. The van der Waals surface area contributed by atoms with Gasteiger partial charge >= 0.3 is 0 Å². The first-order valence-corrected chi connectivity index (χ1v) is 6.29. The number of nitrogen functional groups attached to an aromatic ring is 1. The van der Waals surface area contributed by atoms with Crippen molar-refractivity contribution in [2.45, 2.75) is 9.92 Å². The van der Waals surface area contributed by atoms with E-state index in [1.807, 2.05) is 0 Å². The van der Waals surface area contributed by atoms with Crippen molar-refractivity contribution in [2.24, 2.45) is 0 Å². The predicted octanol–water partition coefficient (Wildman–Crippen LogP) is 4.40. The fraction of sp³-hybridized carbons (Fsp3) is 0. The van der Waals surface area contributed by atoms with Crippen LogP contribution in [0.25, 0.3) is 0 Å². The van der Waals surface area contributed by atoms with Gasteiger partial charge in [-0.15, -0.1) is 0 Å². The second-order valence-electron chi connectivity index (χ2n) is 3.32. The smallest absolute Gasteiger partial charge is 0.168 e. The zero-order chi connectivity index (χ0) is 13.3. The van der Waals surface area contributed by atoms with E-state index in [1.54, 1.807) is 18.2 Å². The Morgan fingerprint density at radius 3 is 2.44 bits per heavy atom. The molecule has 2 rings (SSSR count). The van der Waals surface area contributed by atoms with Crippen LogP contribution in [-0.4, -0.2) is 4.98 Å². The zero-order valence-electron chi connectivity index (χ0n) is 8.75. The van der Waals surface area contributed by atoms with E-state index in [2.05, 4.69) is 4.98 Å². The molecule has 0 aliphatic heterocycles. The van der Waals surface area contributed by atoms with E-state index < -0.39 is 11.6 Å². The van der Waals surface area contributed by atoms with Crippen molar-refractivity contribution in [1.82, 2.24) is 4.98 Å². The standard InChI is InChI=1S/C11H6Cl2F2N2S/c12-6-2-1-5(3-7(6)13)18-11-9(15)4-8(14)10(16)17-11/h1-4H,(H2,16,17). The molecule has 0 atom stereocenters. The number of hydrogen-bond donors (Lipinski definition) is 1. The highest BCUT2D eigenvalue weighted by Gasteiger charge is 2.11. The van der Waals surface area contributed by atoms with E-state index in [1.165, 1.54) is 0 Å². The maximum Gasteiger partial charge on any atom is 0.168 e. The van der Waals surface area contributed by atoms with Gasteiger partial charge in [0, 0.05) is 11.0 Å². The summed E-state index contributed by atoms with van der Waals surface area (Å²) in [6.45, 7) is 0. The van der Waals surface area contributed by atoms with Crippen molar-refractivity contribution in [1.29, 1.82) is 0 Å². The molecule has 0 radical (unpaired) electrons. The molecular formula is C11H6Cl2F2N2S. The Kier molecular flexibility index (Phi) is 3.94. The molecule has 0 amide bonds. The molecule has 0 spiro atoms. The fourth-order valence-corrected chi connectivity index (χ4v) is 2.39. The van der Waals surface area contributed by atoms with Gasteiger partial charge in [-0.25, -0.2) is 13.8 Å². The molecule has 0 aliphatic rings. The van der Waals surface area contributed by atoms with Crippen molar-refractivity contribution in [3.05, 3.63) is 45.9 Å². The Hall–Kier alpha value is -1.04. The molecule has 1 aromatic carbocycles. The van der Waals surface area contributed by atoms with Crippen LogP contribution in [-0.2, 0) is 0 Å². The summed E-state index contributed by atoms with van der Waals surface area (Å²) in [5.74, 6) is -2.01. The molecule has 2 nitrogen and oxygen atoms in total. The van der Waals surface area contributed by atoms with Crippen LogP contribution in [0, 0.1) is 11.6 Å². The number of benzene rings is 1. The van der Waals surface area contributed by atoms with E-state index in [9.17, 15) is 8.78 Å². The molecule has 2 N–H and O–H groups in total. The van der Waals surface area contributed by atoms with Crippen LogP contribution >= 0.6 is 35.0 Å². The van der Waals surface area contributed by atoms with Gasteiger partial charge in [-0.3, -0.25) is 0 Å². The maximum absolute atomic E-state index is 13.5. The molecule has 7 heteroatoms. The summed E-state index contributed by atoms with van der Waals surface area (Å²) in [7, 11) is 0. The van der Waals surface area contributed by atoms with Gasteiger partial charge in [0.2, 0.25) is 0 Å². The summed E-state index contributed by atoms with van der Waals surface area (Å²) in [6.07, 6.45) is 0. The molecule has 1 heterocycles. The molecule has 0 unspecified atom stereocenters. The molecule has 1 aromatic heterocycles. The topological polar surface area (TPSA) is 38.9 Å². The number of aromatic nitrogens is 1. The summed E-state index contributed by atoms with van der Waals surface area (Å²) in [5, 5.41) is 0.720. The maximum atomic E-state index is 13.5. The molecule has 2 aromatic rings. The molecular weight excluding hydrogens is 301 g/mol. The first-order valence-electron chi connectivity index (χ1n) is 4.72. The number of rotatable bonds is 2. The van der Waals surface area contributed by atoms with Gasteiger partial charge in [-0.1, -0.05) is 35.0 Å². The van der Waals surface area contributed by atoms with Crippen LogP contribution < -0.4 is 5.73 Å². The number of nitrogens with zero attached hydrogens (tertiary/aromatic N) is 1. The van der Waals surface area contributed by atoms with Crippen molar-refractivity contribution < 1.29 is 8.78 Å². The van der Waals surface area contributed by atoms with Crippen LogP contribution in [0.1, 0.15) is 0 Å². The zero-order valence-corrected chi connectivity index (χ0v) is 11.1. The lowest BCUT2D eigenvalue weighted by atomic mass is 10.4. The first-order chi connectivity index (χ1) is 8.47. The average Bonchev–Trinajstić information content (AvgIpc) is 2.31. The highest BCUT2D eigenvalue weighted by Crippen LogP contribution is 2.33. The summed E-state index contributed by atoms with van der Waals surface area (Å²) in [5.41, 5.74) is 5.28. The third-order valence-corrected chi connectivity index (χ3v) is 3.74. The van der Waals surface area contributed by atoms with Crippen LogP contribution in [0.4, 0.5) is 14.6 Å². The number of pyridine rings is 1. The normalized spacial score (nSPS) is 10.7. The van der Waals surface area contributed by atoms with Gasteiger partial charge in [0.15, 0.2) is 17.5 Å². The Labute approximate surface area is 116 Å². The lowest BCUT2D eigenvalue weighted by molar-refractivity contribution is 0.552. The third-order valence-electron chi connectivity index (χ3n) is 2.03. The van der Waals surface area contributed by atoms with Crippen molar-refractivity contribution in [3.63, 3.8) is 0 Å². The van der Waals surface area contributed by atoms with Crippen molar-refractivity contribution >= 4 is 40.8 Å². The van der Waals surface area contributed by atoms with Crippen LogP contribution in [0.5, 0.6) is 0 Å². The second-order valence-corrected chi connectivity index (χ2v) is 5.20. The Bertz CT molecular complexity index is 608. The van der Waals surface area contributed by atoms with Gasteiger partial charge in [0.1, 0.15) is 5.03 Å². The van der Waals surface area contributed by atoms with Gasteiger partial charge in [-0.2, -0.15) is 0 Å². The van der Waals surface area contributed by atoms with E-state index in [0.717, 1.165) is 11.8 Å². The summed E-state index contributed by atoms with van der Waals surface area (Å²) in [6, 6.07) is 5.49. The quantitative estimate of drug-likeness (QED) is 0.893. The minimum Gasteiger partial charge on any atom is -0.381 e. The molecule has 94 valence electrons. The summed E-state index contributed by atoms with van der Waals surface area (Å²) >= 11 is 12.6. The van der Waals surface area contributed by atoms with E-state index >= 15 is 0 Å². The molecule has 0 aliphatic carbocycles. The van der Waals surface area contributed by atoms with Gasteiger partial charge < -0.3 is 5.73 Å². The lowest BCUT2D eigenvalue weighted by Crippen LogP contribution is -1.98. The highest BCUT2D eigenvalue weighted by molar-refractivity contribution is 7.99. The highest BCUT2D eigenvalue weighted by atomic mass is 35.5. The van der Waals surface area contributed by atoms with Crippen molar-refractivity contribution in [3.8, 4) is 0 Å². The minimum absolute atomic E-state index is 0.0210. The predicted molar refractivity (Wildman–Crippen MR) is 69.2 cm³/mol. The van der Waals surface area contributed by atoms with Crippen LogP contribution in [0.2, 0.25) is 10.0 Å². The fourth-order valence-electron chi connectivity index (χ4n) is 1.19. The summed E-state index contributed by atoms with van der Waals surface area (Å²) in [4.78, 5) is 4.26. The molecule has 0 saturated heterocycles. The van der Waals surface area contributed by atoms with Gasteiger partial charge in [0.05, 0.1) is 10.0 Å². The average molecular weight is 307 g/mol. The van der Waals surface area contributed by atoms with Gasteiger partial charge in [-0.05, 0) is 18.2 Å². The SMILES string of the molecule is Nc1nc(Sc2ccc(Cl)c(Cl)c2)c(F)cc1F. The van der Waals surface area contributed by atoms with E-state index in [4.69, 9.17) is 28.9 Å². The largest absolute Gasteiger partial charge is 0.381 e. The number of anilines is 1. The third kappa shape index (κ3) is 2.85. The van der Waals surface area contributed by atoms with E-state index in [0.29, 0.717) is 21.0 Å². The van der Waals surface area contributed by atoms with Crippen molar-refractivity contribution in [2.75, 3.05) is 5.73 Å². The van der Waals surface area contributed by atoms with E-state index in [-0.39, 0.29) is 10.8 Å². The Morgan fingerprint density at radius 2 is 1.78 bits per heavy atom. The second kappa shape index (κ2) is 5.30. The first kappa shape index (κ1) is 13.4. The van der Waals surface area contributed by atoms with Gasteiger partial charge in [0.25, 0.3) is 0 Å². The molecule has 0 saturated carbocycles. The monoisotopic (exact) mass is 306 g/mol. The molecule has 0 bridgehead atoms. The minimum atomic E-state index is -0.883. The summed E-state index contributed by atoms with van der Waals surface area (Å²) < 4.78 is 26.4. The molecule has 0 fully saturated rings. The van der Waals surface area contributed by atoms with Crippen LogP contribution in [0.3, 0.4) is 0 Å². The number of nitrogens with two attached hydrogens (primary N) is 1. The number of halogens is 4. The Morgan fingerprint density at radius 1 is 1.06 bits per heavy atom. The molecule has 18 heavy (non-hydrogen) atoms. The Balaban J connectivity index is 2.34. The lowest BCUT2D eigenvalue weighted by Gasteiger charge is -2.05. The van der Waals surface area contributed by atoms with Crippen LogP contribution in [0.15, 0.2) is 34.2 Å².